The maximum Gasteiger partial charge on any atom is 0.305 e. The number of hydrogen-bond donors (Lipinski definition) is 25. The van der Waals surface area contributed by atoms with Crippen LogP contribution in [0.4, 0.5) is 0 Å². The van der Waals surface area contributed by atoms with Gasteiger partial charge in [0.15, 0.2) is 0 Å². The standard InChI is InChI=1S/C85H126N16O27S/c1-8-46(4)71(83(126)95-59(37-53-23-27-55(107)28-24-53)77(120)91-57(34-45(2)3)76(119)93-61(38-69(113)114)75(118)89-47(5)16-14-15-32-86)100-82(125)64(42-103)97-78(121)58(36-52-21-25-54(106)26-22-52)92-79(122)62(39-70(115)116)94-81(124)63(41-102)98-85(128)73(49(7)105)101-80(123)60(35-51-19-10-9-11-20-51)96-84(127)72(48(6)104)99-65(108)40-88-74(117)56(29-30-68(111)112)90-67(110)44-129-43-66(109)87-33-31-50-17-12-13-18-50/h9-11,19-28,45-50,56-64,71-73,102-107H,8,12-18,29-44,86H2,1-7H3,(H,87,109)(H,88,117)(H,89,118)(H,90,110)(H,91,120)(H,92,122)(H,93,119)(H,94,124)(H,95,126)(H,96,127)(H,97,121)(H,98,128)(H,99,108)(H,100,125)(H,101,123)(H,111,112)(H,113,114)(H,115,116)/t46-,47+,48+,49+,56-,57-,58-,59-,60-,61-,62-,63-,64-,71-,72-,73-/m0/s1. The van der Waals surface area contributed by atoms with Gasteiger partial charge in [0.05, 0.1) is 56.3 Å². The van der Waals surface area contributed by atoms with Gasteiger partial charge in [-0.3, -0.25) is 86.3 Å². The second-order valence-corrected chi connectivity index (χ2v) is 33.2. The number of nitrogens with two attached hydrogens (primary N) is 1. The molecular formula is C85H126N16O27S. The molecule has 3 aromatic rings. The topological polar surface area (TPSA) is 696 Å². The van der Waals surface area contributed by atoms with Crippen molar-refractivity contribution in [2.24, 2.45) is 23.5 Å². The lowest BCUT2D eigenvalue weighted by atomic mass is 9.96. The highest BCUT2D eigenvalue weighted by Crippen LogP contribution is 2.27. The highest BCUT2D eigenvalue weighted by atomic mass is 32.2. The van der Waals surface area contributed by atoms with Crippen LogP contribution in [0, 0.1) is 17.8 Å². The predicted octanol–water partition coefficient (Wildman–Crippen LogP) is -4.22. The molecular weight excluding hydrogens is 1710 g/mol. The lowest BCUT2D eigenvalue weighted by Crippen LogP contribution is -2.63. The van der Waals surface area contributed by atoms with E-state index in [1.807, 2.05) is 0 Å². The average Bonchev–Trinajstić information content (AvgIpc) is 1.49. The number of nitrogens with one attached hydrogen (secondary N) is 15. The predicted molar refractivity (Wildman–Crippen MR) is 465 cm³/mol. The number of benzene rings is 3. The Balaban J connectivity index is 1.53. The van der Waals surface area contributed by atoms with Crippen LogP contribution in [0.15, 0.2) is 78.9 Å². The summed E-state index contributed by atoms with van der Waals surface area (Å²) in [5, 5.41) is 129. The van der Waals surface area contributed by atoms with Crippen molar-refractivity contribution in [3.63, 3.8) is 0 Å². The molecule has 1 aliphatic rings. The van der Waals surface area contributed by atoms with E-state index in [1.165, 1.54) is 67.6 Å². The number of carbonyl (C=O) groups excluding carboxylic acids is 15. The Labute approximate surface area is 750 Å². The Morgan fingerprint density at radius 2 is 0.814 bits per heavy atom. The number of aromatic hydroxyl groups is 2. The van der Waals surface area contributed by atoms with Gasteiger partial charge < -0.3 is 131 Å². The van der Waals surface area contributed by atoms with Gasteiger partial charge in [0.1, 0.15) is 84.0 Å². The summed E-state index contributed by atoms with van der Waals surface area (Å²) in [6.07, 6.45) is -0.885. The van der Waals surface area contributed by atoms with Crippen LogP contribution in [0.25, 0.3) is 0 Å². The molecule has 0 radical (unpaired) electrons. The fourth-order valence-electron chi connectivity index (χ4n) is 13.5. The van der Waals surface area contributed by atoms with E-state index in [0.717, 1.165) is 57.7 Å². The molecule has 1 saturated carbocycles. The van der Waals surface area contributed by atoms with Crippen LogP contribution in [0.3, 0.4) is 0 Å². The molecule has 0 heterocycles. The molecule has 714 valence electrons. The number of carboxylic acids is 3. The first-order chi connectivity index (χ1) is 61.0. The highest BCUT2D eigenvalue weighted by Gasteiger charge is 2.40. The zero-order valence-electron chi connectivity index (χ0n) is 73.2. The first-order valence-corrected chi connectivity index (χ1v) is 43.8. The fourth-order valence-corrected chi connectivity index (χ4v) is 14.2. The number of aliphatic carboxylic acids is 3. The number of aliphatic hydroxyl groups excluding tert-OH is 4. The molecule has 0 unspecified atom stereocenters. The molecule has 43 nitrogen and oxygen atoms in total. The van der Waals surface area contributed by atoms with Crippen LogP contribution in [0.5, 0.6) is 11.5 Å². The number of amides is 15. The van der Waals surface area contributed by atoms with E-state index in [2.05, 4.69) is 79.8 Å². The summed E-state index contributed by atoms with van der Waals surface area (Å²) in [4.78, 5) is 245. The summed E-state index contributed by atoms with van der Waals surface area (Å²) in [6, 6.07) is -4.03. The molecule has 0 saturated heterocycles. The highest BCUT2D eigenvalue weighted by molar-refractivity contribution is 8.00. The number of rotatable bonds is 59. The van der Waals surface area contributed by atoms with Crippen molar-refractivity contribution in [3.05, 3.63) is 95.6 Å². The largest absolute Gasteiger partial charge is 0.508 e. The van der Waals surface area contributed by atoms with Crippen molar-refractivity contribution in [2.75, 3.05) is 44.4 Å². The fraction of sp³-hybridized carbons (Fsp3) is 0.576. The molecule has 15 amide bonds. The zero-order valence-corrected chi connectivity index (χ0v) is 74.0. The Kier molecular flexibility index (Phi) is 48.2. The van der Waals surface area contributed by atoms with Gasteiger partial charge in [-0.15, -0.1) is 11.8 Å². The van der Waals surface area contributed by atoms with Crippen LogP contribution in [0.2, 0.25) is 0 Å². The number of carboxylic acid groups (broad SMARTS) is 3. The van der Waals surface area contributed by atoms with Gasteiger partial charge in [0.2, 0.25) is 88.6 Å². The number of carbonyl (C=O) groups is 18. The second kappa shape index (κ2) is 56.9. The minimum absolute atomic E-state index is 0.0755. The van der Waals surface area contributed by atoms with Gasteiger partial charge in [0.25, 0.3) is 0 Å². The summed E-state index contributed by atoms with van der Waals surface area (Å²) in [5.41, 5.74) is 6.52. The number of phenols is 2. The van der Waals surface area contributed by atoms with E-state index in [9.17, 15) is 132 Å². The average molecular weight is 1840 g/mol. The zero-order chi connectivity index (χ0) is 96.1. The molecule has 4 rings (SSSR count). The van der Waals surface area contributed by atoms with Crippen LogP contribution in [0.1, 0.15) is 155 Å². The first kappa shape index (κ1) is 109. The second-order valence-electron chi connectivity index (χ2n) is 32.2. The maximum absolute atomic E-state index is 14.7. The van der Waals surface area contributed by atoms with Crippen LogP contribution >= 0.6 is 11.8 Å². The smallest absolute Gasteiger partial charge is 0.305 e. The third-order valence-corrected chi connectivity index (χ3v) is 21.8. The minimum atomic E-state index is -2.22. The van der Waals surface area contributed by atoms with Crippen molar-refractivity contribution in [3.8, 4) is 11.5 Å². The van der Waals surface area contributed by atoms with Crippen LogP contribution in [-0.4, -0.2) is 288 Å². The molecule has 16 atom stereocenters. The van der Waals surface area contributed by atoms with Gasteiger partial charge in [-0.2, -0.15) is 0 Å². The first-order valence-electron chi connectivity index (χ1n) is 42.6. The molecule has 0 bridgehead atoms. The number of thioether (sulfide) groups is 1. The van der Waals surface area contributed by atoms with Crippen molar-refractivity contribution in [2.45, 2.75) is 248 Å². The van der Waals surface area contributed by atoms with E-state index >= 15 is 0 Å². The third-order valence-electron chi connectivity index (χ3n) is 20.9. The van der Waals surface area contributed by atoms with Crippen LogP contribution < -0.4 is 85.5 Å². The monoisotopic (exact) mass is 1830 g/mol. The molecule has 0 aliphatic heterocycles. The SMILES string of the molecule is CC[C@H](C)[C@H](NC(=O)[C@H](CO)NC(=O)[C@H](Cc1ccc(O)cc1)NC(=O)[C@H](CC(=O)O)NC(=O)[C@H](CO)NC(=O)[C@@H](NC(=O)[C@H](Cc1ccccc1)NC(=O)[C@@H](NC(=O)CNC(=O)[C@H](CCC(=O)O)NC(=O)CSCC(=O)NCCC1CCCC1)[C@@H](C)O)[C@@H](C)O)C(=O)N[C@@H](Cc1ccc(O)cc1)C(=O)N[C@@H](CC(C)C)C(=O)N[C@@H](CC(=O)O)C(=O)N[C@H](C)CCCCN. The van der Waals surface area contributed by atoms with Crippen molar-refractivity contribution >= 4 is 118 Å². The number of unbranched alkanes of at least 4 members (excludes halogenated alkanes) is 1. The minimum Gasteiger partial charge on any atom is -0.508 e. The molecule has 129 heavy (non-hydrogen) atoms. The molecule has 26 N–H and O–H groups in total. The molecule has 3 aromatic carbocycles. The van der Waals surface area contributed by atoms with Crippen molar-refractivity contribution in [1.82, 2.24) is 79.8 Å². The quantitative estimate of drug-likeness (QED) is 0.0238. The van der Waals surface area contributed by atoms with E-state index in [0.29, 0.717) is 49.4 Å². The summed E-state index contributed by atoms with van der Waals surface area (Å²) in [5.74, 6) is -22.2. The van der Waals surface area contributed by atoms with E-state index in [1.54, 1.807) is 45.9 Å². The molecule has 0 aromatic heterocycles. The van der Waals surface area contributed by atoms with E-state index in [4.69, 9.17) is 5.73 Å². The van der Waals surface area contributed by atoms with Gasteiger partial charge in [0, 0.05) is 38.3 Å². The number of phenolic OH excluding ortho intramolecular Hbond substituents is 2. The Morgan fingerprint density at radius 3 is 1.29 bits per heavy atom. The molecule has 1 fully saturated rings. The lowest BCUT2D eigenvalue weighted by Gasteiger charge is -2.30. The molecule has 1 aliphatic carbocycles. The summed E-state index contributed by atoms with van der Waals surface area (Å²) in [7, 11) is 0. The lowest BCUT2D eigenvalue weighted by molar-refractivity contribution is -0.142. The van der Waals surface area contributed by atoms with E-state index in [-0.39, 0.29) is 59.7 Å². The van der Waals surface area contributed by atoms with Gasteiger partial charge in [-0.1, -0.05) is 121 Å². The molecule has 44 heteroatoms. The summed E-state index contributed by atoms with van der Waals surface area (Å²) >= 11 is 0.942. The summed E-state index contributed by atoms with van der Waals surface area (Å²) < 4.78 is 0. The normalized spacial score (nSPS) is 15.6. The summed E-state index contributed by atoms with van der Waals surface area (Å²) in [6.45, 7) is 7.76. The number of hydrogen-bond acceptors (Lipinski definition) is 26. The Bertz CT molecular complexity index is 4240. The third kappa shape index (κ3) is 40.8. The molecule has 0 spiro atoms. The van der Waals surface area contributed by atoms with E-state index < -0.39 is 256 Å². The van der Waals surface area contributed by atoms with Gasteiger partial charge in [-0.05, 0) is 118 Å². The van der Waals surface area contributed by atoms with Crippen molar-refractivity contribution < 1.29 is 132 Å². The number of aliphatic hydroxyl groups is 4. The maximum atomic E-state index is 14.7. The Hall–Kier alpha value is -12.1. The van der Waals surface area contributed by atoms with Gasteiger partial charge >= 0.3 is 17.9 Å². The van der Waals surface area contributed by atoms with Crippen molar-refractivity contribution in [1.29, 1.82) is 0 Å². The van der Waals surface area contributed by atoms with Crippen LogP contribution in [-0.2, 0) is 106 Å². The Morgan fingerprint density at radius 1 is 0.411 bits per heavy atom. The van der Waals surface area contributed by atoms with Gasteiger partial charge in [-0.25, -0.2) is 0 Å².